The third-order valence-electron chi connectivity index (χ3n) is 4.38. The molecule has 0 saturated carbocycles. The zero-order valence-corrected chi connectivity index (χ0v) is 15.4. The number of hydrogen-bond acceptors (Lipinski definition) is 3. The van der Waals surface area contributed by atoms with Crippen LogP contribution in [0.15, 0.2) is 18.2 Å². The molecule has 1 heterocycles. The van der Waals surface area contributed by atoms with Crippen LogP contribution in [0.25, 0.3) is 0 Å². The van der Waals surface area contributed by atoms with E-state index in [1.54, 1.807) is 12.1 Å². The average molecular weight is 382 g/mol. The molecule has 1 aliphatic heterocycles. The highest BCUT2D eigenvalue weighted by Gasteiger charge is 2.38. The molecule has 130 valence electrons. The van der Waals surface area contributed by atoms with E-state index in [1.807, 2.05) is 13.0 Å². The van der Waals surface area contributed by atoms with Crippen LogP contribution in [0.1, 0.15) is 31.2 Å². The number of nitrogens with two attached hydrogens (primary N) is 1. The summed E-state index contributed by atoms with van der Waals surface area (Å²) >= 11 is 12.4. The van der Waals surface area contributed by atoms with Crippen molar-refractivity contribution in [2.75, 3.05) is 26.3 Å². The highest BCUT2D eigenvalue weighted by Crippen LogP contribution is 2.32. The maximum atomic E-state index is 12.5. The second kappa shape index (κ2) is 9.09. The summed E-state index contributed by atoms with van der Waals surface area (Å²) in [5.74, 6) is 0.0214. The van der Waals surface area contributed by atoms with Gasteiger partial charge in [0.2, 0.25) is 5.91 Å². The normalized spacial score (nSPS) is 17.9. The summed E-state index contributed by atoms with van der Waals surface area (Å²) < 4.78 is 5.33. The maximum Gasteiger partial charge on any atom is 0.227 e. The van der Waals surface area contributed by atoms with Gasteiger partial charge in [-0.25, -0.2) is 0 Å². The number of halogens is 3. The fourth-order valence-corrected chi connectivity index (χ4v) is 3.57. The lowest BCUT2D eigenvalue weighted by molar-refractivity contribution is -0.135. The third kappa shape index (κ3) is 4.74. The first kappa shape index (κ1) is 20.5. The summed E-state index contributed by atoms with van der Waals surface area (Å²) in [6, 6.07) is 5.42. The van der Waals surface area contributed by atoms with E-state index in [0.717, 1.165) is 5.56 Å². The Balaban J connectivity index is 0.00000264. The molecule has 1 aromatic rings. The lowest BCUT2D eigenvalue weighted by Gasteiger charge is -2.34. The van der Waals surface area contributed by atoms with Crippen LogP contribution >= 0.6 is 35.6 Å². The predicted molar refractivity (Wildman–Crippen MR) is 96.7 cm³/mol. The molecule has 1 atom stereocenters. The SMILES string of the molecule is CC(CNC(=O)C1(CN)CCOCC1)c1c(Cl)cccc1Cl.Cl. The highest BCUT2D eigenvalue weighted by molar-refractivity contribution is 6.36. The molecule has 0 radical (unpaired) electrons. The monoisotopic (exact) mass is 380 g/mol. The maximum absolute atomic E-state index is 12.5. The molecule has 23 heavy (non-hydrogen) atoms. The van der Waals surface area contributed by atoms with Crippen LogP contribution in [0.5, 0.6) is 0 Å². The molecular formula is C16H23Cl3N2O2. The third-order valence-corrected chi connectivity index (χ3v) is 5.04. The van der Waals surface area contributed by atoms with Gasteiger partial charge in [-0.3, -0.25) is 4.79 Å². The molecule has 1 amide bonds. The van der Waals surface area contributed by atoms with E-state index in [9.17, 15) is 4.79 Å². The van der Waals surface area contributed by atoms with Gasteiger partial charge in [0.25, 0.3) is 0 Å². The van der Waals surface area contributed by atoms with Crippen LogP contribution in [0, 0.1) is 5.41 Å². The lowest BCUT2D eigenvalue weighted by atomic mass is 9.79. The Morgan fingerprint density at radius 3 is 2.43 bits per heavy atom. The van der Waals surface area contributed by atoms with Crippen molar-refractivity contribution in [1.82, 2.24) is 5.32 Å². The lowest BCUT2D eigenvalue weighted by Crippen LogP contribution is -2.49. The smallest absolute Gasteiger partial charge is 0.227 e. The van der Waals surface area contributed by atoms with E-state index in [-0.39, 0.29) is 24.2 Å². The molecule has 7 heteroatoms. The molecule has 1 fully saturated rings. The number of carbonyl (C=O) groups is 1. The number of carbonyl (C=O) groups excluding carboxylic acids is 1. The number of amides is 1. The molecule has 1 aliphatic rings. The molecule has 1 saturated heterocycles. The van der Waals surface area contributed by atoms with Crippen LogP contribution in [0.2, 0.25) is 10.0 Å². The standard InChI is InChI=1S/C16H22Cl2N2O2.ClH/c1-11(14-12(17)3-2-4-13(14)18)9-20-15(21)16(10-19)5-7-22-8-6-16;/h2-4,11H,5-10,19H2,1H3,(H,20,21);1H. The summed E-state index contributed by atoms with van der Waals surface area (Å²) in [6.45, 7) is 3.97. The Hall–Kier alpha value is -0.520. The number of hydrogen-bond donors (Lipinski definition) is 2. The van der Waals surface area contributed by atoms with Crippen molar-refractivity contribution in [3.05, 3.63) is 33.8 Å². The van der Waals surface area contributed by atoms with E-state index < -0.39 is 5.41 Å². The van der Waals surface area contributed by atoms with Crippen molar-refractivity contribution in [3.8, 4) is 0 Å². The van der Waals surface area contributed by atoms with E-state index in [0.29, 0.717) is 49.2 Å². The first-order valence-corrected chi connectivity index (χ1v) is 8.26. The van der Waals surface area contributed by atoms with Crippen LogP contribution < -0.4 is 11.1 Å². The summed E-state index contributed by atoms with van der Waals surface area (Å²) in [5, 5.41) is 4.24. The predicted octanol–water partition coefficient (Wildman–Crippen LogP) is 3.39. The van der Waals surface area contributed by atoms with Crippen molar-refractivity contribution in [2.45, 2.75) is 25.7 Å². The quantitative estimate of drug-likeness (QED) is 0.821. The Morgan fingerprint density at radius 2 is 1.91 bits per heavy atom. The van der Waals surface area contributed by atoms with Crippen molar-refractivity contribution < 1.29 is 9.53 Å². The second-order valence-electron chi connectivity index (χ2n) is 5.84. The molecule has 3 N–H and O–H groups in total. The number of rotatable bonds is 5. The first-order chi connectivity index (χ1) is 10.5. The molecule has 0 aliphatic carbocycles. The van der Waals surface area contributed by atoms with Crippen LogP contribution in [-0.2, 0) is 9.53 Å². The van der Waals surface area contributed by atoms with Crippen LogP contribution in [0.4, 0.5) is 0 Å². The van der Waals surface area contributed by atoms with Gasteiger partial charge in [-0.15, -0.1) is 12.4 Å². The average Bonchev–Trinajstić information content (AvgIpc) is 2.53. The van der Waals surface area contributed by atoms with Crippen molar-refractivity contribution in [1.29, 1.82) is 0 Å². The minimum atomic E-state index is -0.512. The van der Waals surface area contributed by atoms with E-state index >= 15 is 0 Å². The fraction of sp³-hybridized carbons (Fsp3) is 0.562. The molecular weight excluding hydrogens is 359 g/mol. The Labute approximate surface area is 153 Å². The van der Waals surface area contributed by atoms with E-state index in [4.69, 9.17) is 33.7 Å². The van der Waals surface area contributed by atoms with Crippen LogP contribution in [-0.4, -0.2) is 32.2 Å². The molecule has 1 unspecified atom stereocenters. The second-order valence-corrected chi connectivity index (χ2v) is 6.66. The summed E-state index contributed by atoms with van der Waals surface area (Å²) in [4.78, 5) is 12.5. The molecule has 0 bridgehead atoms. The van der Waals surface area contributed by atoms with Gasteiger partial charge < -0.3 is 15.8 Å². The molecule has 1 aromatic carbocycles. The van der Waals surface area contributed by atoms with Gasteiger partial charge in [0, 0.05) is 42.3 Å². The molecule has 2 rings (SSSR count). The zero-order chi connectivity index (χ0) is 16.2. The van der Waals surface area contributed by atoms with Crippen molar-refractivity contribution in [2.24, 2.45) is 11.1 Å². The largest absolute Gasteiger partial charge is 0.381 e. The van der Waals surface area contributed by atoms with Gasteiger partial charge in [-0.1, -0.05) is 36.2 Å². The Morgan fingerprint density at radius 1 is 1.35 bits per heavy atom. The van der Waals surface area contributed by atoms with Gasteiger partial charge in [-0.05, 0) is 30.5 Å². The Bertz CT molecular complexity index is 514. The van der Waals surface area contributed by atoms with E-state index in [2.05, 4.69) is 5.32 Å². The zero-order valence-electron chi connectivity index (χ0n) is 13.1. The minimum Gasteiger partial charge on any atom is -0.381 e. The molecule has 0 spiro atoms. The molecule has 0 aromatic heterocycles. The number of ether oxygens (including phenoxy) is 1. The molecule has 4 nitrogen and oxygen atoms in total. The summed E-state index contributed by atoms with van der Waals surface area (Å²) in [5.41, 5.74) is 6.20. The van der Waals surface area contributed by atoms with Gasteiger partial charge in [0.1, 0.15) is 0 Å². The first-order valence-electron chi connectivity index (χ1n) is 7.50. The number of benzene rings is 1. The van der Waals surface area contributed by atoms with Gasteiger partial charge >= 0.3 is 0 Å². The Kier molecular flexibility index (Phi) is 8.11. The van der Waals surface area contributed by atoms with E-state index in [1.165, 1.54) is 0 Å². The van der Waals surface area contributed by atoms with Gasteiger partial charge in [-0.2, -0.15) is 0 Å². The highest BCUT2D eigenvalue weighted by atomic mass is 35.5. The van der Waals surface area contributed by atoms with Crippen LogP contribution in [0.3, 0.4) is 0 Å². The van der Waals surface area contributed by atoms with Crippen molar-refractivity contribution >= 4 is 41.5 Å². The number of nitrogens with one attached hydrogen (secondary N) is 1. The van der Waals surface area contributed by atoms with Crippen molar-refractivity contribution in [3.63, 3.8) is 0 Å². The van der Waals surface area contributed by atoms with Gasteiger partial charge in [0.05, 0.1) is 5.41 Å². The summed E-state index contributed by atoms with van der Waals surface area (Å²) in [7, 11) is 0. The topological polar surface area (TPSA) is 64.4 Å². The summed E-state index contributed by atoms with van der Waals surface area (Å²) in [6.07, 6.45) is 1.33. The minimum absolute atomic E-state index is 0. The van der Waals surface area contributed by atoms with Gasteiger partial charge in [0.15, 0.2) is 0 Å². The fourth-order valence-electron chi connectivity index (χ4n) is 2.80.